The molecule has 2 N–H and O–H groups in total. The highest BCUT2D eigenvalue weighted by Crippen LogP contribution is 2.26. The van der Waals surface area contributed by atoms with Gasteiger partial charge in [-0.3, -0.25) is 0 Å². The highest BCUT2D eigenvalue weighted by Gasteiger charge is 2.17. The molecule has 108 valence electrons. The van der Waals surface area contributed by atoms with Gasteiger partial charge < -0.3 is 10.6 Å². The van der Waals surface area contributed by atoms with E-state index in [4.69, 9.17) is 5.73 Å². The topological polar surface area (TPSA) is 29.3 Å². The molecule has 2 nitrogen and oxygen atoms in total. The van der Waals surface area contributed by atoms with E-state index in [2.05, 4.69) is 32.6 Å². The van der Waals surface area contributed by atoms with E-state index in [9.17, 15) is 4.39 Å². The molecule has 0 aliphatic heterocycles. The van der Waals surface area contributed by atoms with E-state index in [0.29, 0.717) is 5.92 Å². The lowest BCUT2D eigenvalue weighted by atomic mass is 10.0. The Hall–Kier alpha value is -1.09. The van der Waals surface area contributed by atoms with Gasteiger partial charge in [0.2, 0.25) is 0 Å². The molecule has 0 saturated heterocycles. The van der Waals surface area contributed by atoms with Gasteiger partial charge in [0.15, 0.2) is 0 Å². The fourth-order valence-corrected chi connectivity index (χ4v) is 2.32. The first-order valence-corrected chi connectivity index (χ1v) is 7.27. The van der Waals surface area contributed by atoms with Crippen LogP contribution < -0.4 is 10.6 Å². The second kappa shape index (κ2) is 7.49. The Kier molecular flexibility index (Phi) is 6.29. The molecular weight excluding hydrogens is 239 g/mol. The third kappa shape index (κ3) is 4.50. The van der Waals surface area contributed by atoms with Gasteiger partial charge in [0.05, 0.1) is 5.69 Å². The van der Waals surface area contributed by atoms with E-state index in [1.165, 1.54) is 0 Å². The van der Waals surface area contributed by atoms with Crippen molar-refractivity contribution in [1.29, 1.82) is 0 Å². The minimum Gasteiger partial charge on any atom is -0.369 e. The Morgan fingerprint density at radius 2 is 1.95 bits per heavy atom. The van der Waals surface area contributed by atoms with Gasteiger partial charge in [0.25, 0.3) is 0 Å². The monoisotopic (exact) mass is 266 g/mol. The highest BCUT2D eigenvalue weighted by molar-refractivity contribution is 5.55. The molecule has 0 aromatic heterocycles. The maximum atomic E-state index is 14.2. The normalized spacial score (nSPS) is 12.8. The van der Waals surface area contributed by atoms with E-state index in [1.54, 1.807) is 12.1 Å². The summed E-state index contributed by atoms with van der Waals surface area (Å²) in [7, 11) is 0. The molecule has 0 heterocycles. The third-order valence-electron chi connectivity index (χ3n) is 3.36. The Morgan fingerprint density at radius 1 is 1.26 bits per heavy atom. The molecule has 0 aliphatic rings. The number of hydrogen-bond donors (Lipinski definition) is 1. The molecule has 0 saturated carbocycles. The van der Waals surface area contributed by atoms with Crippen LogP contribution in [0.25, 0.3) is 0 Å². The predicted octanol–water partition coefficient (Wildman–Crippen LogP) is 3.59. The van der Waals surface area contributed by atoms with Crippen LogP contribution in [0.4, 0.5) is 10.1 Å². The van der Waals surface area contributed by atoms with E-state index in [0.717, 1.165) is 37.2 Å². The molecule has 1 rings (SSSR count). The number of para-hydroxylation sites is 1. The molecule has 19 heavy (non-hydrogen) atoms. The van der Waals surface area contributed by atoms with Gasteiger partial charge in [-0.2, -0.15) is 0 Å². The van der Waals surface area contributed by atoms with Gasteiger partial charge >= 0.3 is 0 Å². The predicted molar refractivity (Wildman–Crippen MR) is 81.1 cm³/mol. The van der Waals surface area contributed by atoms with Crippen molar-refractivity contribution in [3.05, 3.63) is 29.6 Å². The highest BCUT2D eigenvalue weighted by atomic mass is 19.1. The first-order chi connectivity index (χ1) is 8.99. The third-order valence-corrected chi connectivity index (χ3v) is 3.36. The van der Waals surface area contributed by atoms with Crippen molar-refractivity contribution in [2.45, 2.75) is 46.6 Å². The van der Waals surface area contributed by atoms with Crippen LogP contribution in [0, 0.1) is 11.7 Å². The smallest absolute Gasteiger partial charge is 0.146 e. The average Bonchev–Trinajstić information content (AvgIpc) is 2.36. The number of anilines is 1. The second-order valence-corrected chi connectivity index (χ2v) is 5.55. The van der Waals surface area contributed by atoms with E-state index in [1.807, 2.05) is 6.07 Å². The standard InChI is InChI=1S/C16H27FN2/c1-5-14(18)10-13-8-7-9-15(17)16(13)19(6-2)11-12(3)4/h7-9,12,14H,5-6,10-11,18H2,1-4H3. The quantitative estimate of drug-likeness (QED) is 0.817. The van der Waals surface area contributed by atoms with E-state index < -0.39 is 0 Å². The second-order valence-electron chi connectivity index (χ2n) is 5.55. The molecule has 0 amide bonds. The van der Waals surface area contributed by atoms with Gasteiger partial charge in [-0.15, -0.1) is 0 Å². The van der Waals surface area contributed by atoms with Gasteiger partial charge in [-0.05, 0) is 37.3 Å². The lowest BCUT2D eigenvalue weighted by Gasteiger charge is -2.28. The fraction of sp³-hybridized carbons (Fsp3) is 0.625. The molecule has 0 aliphatic carbocycles. The number of nitrogens with two attached hydrogens (primary N) is 1. The van der Waals surface area contributed by atoms with Crippen molar-refractivity contribution < 1.29 is 4.39 Å². The molecule has 0 radical (unpaired) electrons. The van der Waals surface area contributed by atoms with Gasteiger partial charge in [0.1, 0.15) is 5.82 Å². The van der Waals surface area contributed by atoms with Crippen LogP contribution in [0.5, 0.6) is 0 Å². The summed E-state index contributed by atoms with van der Waals surface area (Å²) in [5.74, 6) is 0.371. The molecule has 3 heteroatoms. The molecule has 1 aromatic rings. The number of nitrogens with zero attached hydrogens (tertiary/aromatic N) is 1. The summed E-state index contributed by atoms with van der Waals surface area (Å²) in [6.07, 6.45) is 1.64. The van der Waals surface area contributed by atoms with Gasteiger partial charge in [-0.25, -0.2) is 4.39 Å². The molecule has 0 bridgehead atoms. The molecule has 0 spiro atoms. The average molecular weight is 266 g/mol. The maximum absolute atomic E-state index is 14.2. The Bertz CT molecular complexity index is 390. The summed E-state index contributed by atoms with van der Waals surface area (Å²) >= 11 is 0. The van der Waals surface area contributed by atoms with Crippen LogP contribution in [0.2, 0.25) is 0 Å². The van der Waals surface area contributed by atoms with Crippen molar-refractivity contribution in [3.8, 4) is 0 Å². The maximum Gasteiger partial charge on any atom is 0.146 e. The fourth-order valence-electron chi connectivity index (χ4n) is 2.32. The van der Waals surface area contributed by atoms with Crippen LogP contribution >= 0.6 is 0 Å². The van der Waals surface area contributed by atoms with Crippen molar-refractivity contribution in [1.82, 2.24) is 0 Å². The number of hydrogen-bond acceptors (Lipinski definition) is 2. The summed E-state index contributed by atoms with van der Waals surface area (Å²) in [5, 5.41) is 0. The molecule has 0 fully saturated rings. The number of benzene rings is 1. The molecular formula is C16H27FN2. The van der Waals surface area contributed by atoms with E-state index >= 15 is 0 Å². The zero-order valence-electron chi connectivity index (χ0n) is 12.6. The van der Waals surface area contributed by atoms with Crippen molar-refractivity contribution in [3.63, 3.8) is 0 Å². The summed E-state index contributed by atoms with van der Waals surface area (Å²) in [6.45, 7) is 10.1. The SMILES string of the molecule is CCC(N)Cc1cccc(F)c1N(CC)CC(C)C. The van der Waals surface area contributed by atoms with Crippen LogP contribution in [0.1, 0.15) is 39.7 Å². The van der Waals surface area contributed by atoms with Crippen molar-refractivity contribution in [2.75, 3.05) is 18.0 Å². The lowest BCUT2D eigenvalue weighted by Crippen LogP contribution is -2.30. The van der Waals surface area contributed by atoms with Crippen LogP contribution in [0.15, 0.2) is 18.2 Å². The molecule has 1 aromatic carbocycles. The summed E-state index contributed by atoms with van der Waals surface area (Å²) < 4.78 is 14.2. The number of rotatable bonds is 7. The van der Waals surface area contributed by atoms with Crippen LogP contribution in [-0.2, 0) is 6.42 Å². The summed E-state index contributed by atoms with van der Waals surface area (Å²) in [4.78, 5) is 2.12. The Morgan fingerprint density at radius 3 is 2.47 bits per heavy atom. The Labute approximate surface area is 116 Å². The van der Waals surface area contributed by atoms with E-state index in [-0.39, 0.29) is 11.9 Å². The minimum absolute atomic E-state index is 0.0957. The zero-order valence-corrected chi connectivity index (χ0v) is 12.6. The summed E-state index contributed by atoms with van der Waals surface area (Å²) in [5.41, 5.74) is 7.79. The zero-order chi connectivity index (χ0) is 14.4. The molecule has 1 unspecified atom stereocenters. The lowest BCUT2D eigenvalue weighted by molar-refractivity contribution is 0.577. The minimum atomic E-state index is -0.136. The van der Waals surface area contributed by atoms with Crippen molar-refractivity contribution in [2.24, 2.45) is 11.7 Å². The summed E-state index contributed by atoms with van der Waals surface area (Å²) in [6, 6.07) is 5.41. The van der Waals surface area contributed by atoms with Crippen LogP contribution in [-0.4, -0.2) is 19.1 Å². The van der Waals surface area contributed by atoms with Gasteiger partial charge in [0, 0.05) is 19.1 Å². The van der Waals surface area contributed by atoms with Crippen LogP contribution in [0.3, 0.4) is 0 Å². The Balaban J connectivity index is 3.08. The first kappa shape index (κ1) is 16.0. The number of halogens is 1. The molecule has 1 atom stereocenters. The first-order valence-electron chi connectivity index (χ1n) is 7.27. The van der Waals surface area contributed by atoms with Gasteiger partial charge in [-0.1, -0.05) is 32.9 Å². The largest absolute Gasteiger partial charge is 0.369 e. The van der Waals surface area contributed by atoms with Crippen molar-refractivity contribution >= 4 is 5.69 Å².